The Morgan fingerprint density at radius 3 is 2.76 bits per heavy atom. The number of benzene rings is 1. The highest BCUT2D eigenvalue weighted by Crippen LogP contribution is 2.22. The number of aliphatic carboxylic acids is 1. The number of carboxylic acids is 1. The van der Waals surface area contributed by atoms with Crippen LogP contribution in [0.3, 0.4) is 0 Å². The van der Waals surface area contributed by atoms with Gasteiger partial charge in [0.2, 0.25) is 0 Å². The summed E-state index contributed by atoms with van der Waals surface area (Å²) in [5.74, 6) is -2.68. The van der Waals surface area contributed by atoms with E-state index in [9.17, 15) is 14.0 Å². The van der Waals surface area contributed by atoms with E-state index in [-0.39, 0.29) is 17.9 Å². The zero-order chi connectivity index (χ0) is 12.8. The van der Waals surface area contributed by atoms with Crippen molar-refractivity contribution in [1.29, 1.82) is 0 Å². The fourth-order valence-corrected chi connectivity index (χ4v) is 1.23. The zero-order valence-corrected chi connectivity index (χ0v) is 9.20. The van der Waals surface area contributed by atoms with Gasteiger partial charge in [-0.25, -0.2) is 4.39 Å². The molecule has 0 aliphatic rings. The van der Waals surface area contributed by atoms with Gasteiger partial charge in [-0.15, -0.1) is 0 Å². The number of ether oxygens (including phenoxy) is 1. The first-order valence-corrected chi connectivity index (χ1v) is 4.97. The van der Waals surface area contributed by atoms with Crippen LogP contribution in [0.4, 0.5) is 4.39 Å². The van der Waals surface area contributed by atoms with Gasteiger partial charge in [0.05, 0.1) is 12.2 Å². The molecule has 0 spiro atoms. The molecule has 0 aromatic heterocycles. The van der Waals surface area contributed by atoms with Gasteiger partial charge in [0.1, 0.15) is 6.54 Å². The molecular formula is C11H12FNO4. The van der Waals surface area contributed by atoms with Crippen LogP contribution >= 0.6 is 0 Å². The van der Waals surface area contributed by atoms with Crippen LogP contribution in [0.5, 0.6) is 5.75 Å². The van der Waals surface area contributed by atoms with E-state index in [4.69, 9.17) is 9.84 Å². The van der Waals surface area contributed by atoms with Gasteiger partial charge in [-0.1, -0.05) is 6.07 Å². The molecule has 17 heavy (non-hydrogen) atoms. The van der Waals surface area contributed by atoms with Crippen LogP contribution in [0.1, 0.15) is 17.3 Å². The SMILES string of the molecule is CCOc1c(F)cccc1C(=O)NCC(=O)O. The lowest BCUT2D eigenvalue weighted by atomic mass is 10.2. The number of halogens is 1. The second-order valence-corrected chi connectivity index (χ2v) is 3.13. The molecule has 0 aliphatic carbocycles. The summed E-state index contributed by atoms with van der Waals surface area (Å²) in [6.07, 6.45) is 0. The Morgan fingerprint density at radius 1 is 1.47 bits per heavy atom. The molecule has 0 unspecified atom stereocenters. The number of carbonyl (C=O) groups excluding carboxylic acids is 1. The van der Waals surface area contributed by atoms with Crippen molar-refractivity contribution in [3.05, 3.63) is 29.6 Å². The van der Waals surface area contributed by atoms with Crippen molar-refractivity contribution in [1.82, 2.24) is 5.32 Å². The van der Waals surface area contributed by atoms with Crippen LogP contribution in [-0.2, 0) is 4.79 Å². The molecule has 0 atom stereocenters. The van der Waals surface area contributed by atoms with E-state index in [1.807, 2.05) is 0 Å². The molecule has 0 bridgehead atoms. The lowest BCUT2D eigenvalue weighted by Gasteiger charge is -2.10. The average Bonchev–Trinajstić information content (AvgIpc) is 2.29. The summed E-state index contributed by atoms with van der Waals surface area (Å²) in [7, 11) is 0. The van der Waals surface area contributed by atoms with Gasteiger partial charge < -0.3 is 15.2 Å². The van der Waals surface area contributed by atoms with Crippen molar-refractivity contribution in [3.63, 3.8) is 0 Å². The smallest absolute Gasteiger partial charge is 0.322 e. The van der Waals surface area contributed by atoms with Crippen molar-refractivity contribution in [2.75, 3.05) is 13.2 Å². The summed E-state index contributed by atoms with van der Waals surface area (Å²) < 4.78 is 18.4. The Hall–Kier alpha value is -2.11. The number of hydrogen-bond acceptors (Lipinski definition) is 3. The molecule has 5 nitrogen and oxygen atoms in total. The highest BCUT2D eigenvalue weighted by atomic mass is 19.1. The second-order valence-electron chi connectivity index (χ2n) is 3.13. The fourth-order valence-electron chi connectivity index (χ4n) is 1.23. The van der Waals surface area contributed by atoms with Gasteiger partial charge in [-0.05, 0) is 19.1 Å². The van der Waals surface area contributed by atoms with Crippen LogP contribution in [0.2, 0.25) is 0 Å². The summed E-state index contributed by atoms with van der Waals surface area (Å²) in [6.45, 7) is 1.34. The minimum absolute atomic E-state index is 0.0203. The molecule has 92 valence electrons. The third-order valence-corrected chi connectivity index (χ3v) is 1.90. The Bertz CT molecular complexity index is 433. The first-order valence-electron chi connectivity index (χ1n) is 4.97. The predicted molar refractivity (Wildman–Crippen MR) is 57.5 cm³/mol. The quantitative estimate of drug-likeness (QED) is 0.807. The van der Waals surface area contributed by atoms with Gasteiger partial charge >= 0.3 is 5.97 Å². The molecule has 0 fully saturated rings. The van der Waals surface area contributed by atoms with E-state index in [2.05, 4.69) is 5.32 Å². The molecule has 1 rings (SSSR count). The lowest BCUT2D eigenvalue weighted by Crippen LogP contribution is -2.29. The molecule has 0 heterocycles. The van der Waals surface area contributed by atoms with Crippen molar-refractivity contribution >= 4 is 11.9 Å². The molecular weight excluding hydrogens is 229 g/mol. The standard InChI is InChI=1S/C11H12FNO4/c1-2-17-10-7(4-3-5-8(10)12)11(16)13-6-9(14)15/h3-5H,2,6H2,1H3,(H,13,16)(H,14,15). The van der Waals surface area contributed by atoms with E-state index < -0.39 is 24.2 Å². The van der Waals surface area contributed by atoms with E-state index >= 15 is 0 Å². The van der Waals surface area contributed by atoms with Gasteiger partial charge in [-0.3, -0.25) is 9.59 Å². The molecule has 2 N–H and O–H groups in total. The molecule has 6 heteroatoms. The van der Waals surface area contributed by atoms with Crippen molar-refractivity contribution in [3.8, 4) is 5.75 Å². The number of nitrogens with one attached hydrogen (secondary N) is 1. The molecule has 1 amide bonds. The second kappa shape index (κ2) is 5.83. The molecule has 0 saturated carbocycles. The van der Waals surface area contributed by atoms with Crippen LogP contribution < -0.4 is 10.1 Å². The molecule has 0 aliphatic heterocycles. The maximum absolute atomic E-state index is 13.4. The molecule has 1 aromatic carbocycles. The monoisotopic (exact) mass is 241 g/mol. The highest BCUT2D eigenvalue weighted by Gasteiger charge is 2.16. The van der Waals surface area contributed by atoms with Crippen LogP contribution in [-0.4, -0.2) is 30.1 Å². The Labute approximate surface area is 97.2 Å². The largest absolute Gasteiger partial charge is 0.490 e. The Balaban J connectivity index is 2.92. The molecule has 0 radical (unpaired) electrons. The lowest BCUT2D eigenvalue weighted by molar-refractivity contribution is -0.135. The number of carbonyl (C=O) groups is 2. The Kier molecular flexibility index (Phi) is 4.45. The van der Waals surface area contributed by atoms with Crippen LogP contribution in [0.25, 0.3) is 0 Å². The fraction of sp³-hybridized carbons (Fsp3) is 0.273. The summed E-state index contributed by atoms with van der Waals surface area (Å²) in [5.41, 5.74) is -0.0203. The third kappa shape index (κ3) is 3.44. The van der Waals surface area contributed by atoms with Gasteiger partial charge in [0.15, 0.2) is 11.6 Å². The Morgan fingerprint density at radius 2 is 2.18 bits per heavy atom. The van der Waals surface area contributed by atoms with Gasteiger partial charge in [-0.2, -0.15) is 0 Å². The van der Waals surface area contributed by atoms with E-state index in [0.717, 1.165) is 0 Å². The predicted octanol–water partition coefficient (Wildman–Crippen LogP) is 1.04. The van der Waals surface area contributed by atoms with E-state index in [1.165, 1.54) is 18.2 Å². The number of rotatable bonds is 5. The normalized spacial score (nSPS) is 9.76. The maximum atomic E-state index is 13.4. The summed E-state index contributed by atoms with van der Waals surface area (Å²) in [5, 5.41) is 10.6. The first kappa shape index (κ1) is 13.0. The number of amides is 1. The van der Waals surface area contributed by atoms with Gasteiger partial charge in [0, 0.05) is 0 Å². The zero-order valence-electron chi connectivity index (χ0n) is 9.20. The minimum Gasteiger partial charge on any atom is -0.490 e. The van der Waals surface area contributed by atoms with Crippen molar-refractivity contribution in [2.24, 2.45) is 0 Å². The molecule has 1 aromatic rings. The number of hydrogen-bond donors (Lipinski definition) is 2. The summed E-state index contributed by atoms with van der Waals surface area (Å²) >= 11 is 0. The average molecular weight is 241 g/mol. The maximum Gasteiger partial charge on any atom is 0.322 e. The summed E-state index contributed by atoms with van der Waals surface area (Å²) in [6, 6.07) is 3.89. The first-order chi connectivity index (χ1) is 8.06. The summed E-state index contributed by atoms with van der Waals surface area (Å²) in [4.78, 5) is 21.9. The number of carboxylic acid groups (broad SMARTS) is 1. The van der Waals surface area contributed by atoms with Crippen LogP contribution in [0, 0.1) is 5.82 Å². The van der Waals surface area contributed by atoms with Crippen molar-refractivity contribution < 1.29 is 23.8 Å². The van der Waals surface area contributed by atoms with Gasteiger partial charge in [0.25, 0.3) is 5.91 Å². The minimum atomic E-state index is -1.17. The highest BCUT2D eigenvalue weighted by molar-refractivity contribution is 5.98. The molecule has 0 saturated heterocycles. The van der Waals surface area contributed by atoms with Crippen LogP contribution in [0.15, 0.2) is 18.2 Å². The van der Waals surface area contributed by atoms with E-state index in [1.54, 1.807) is 6.92 Å². The number of para-hydroxylation sites is 1. The third-order valence-electron chi connectivity index (χ3n) is 1.90. The van der Waals surface area contributed by atoms with Crippen molar-refractivity contribution in [2.45, 2.75) is 6.92 Å². The topological polar surface area (TPSA) is 75.6 Å². The van der Waals surface area contributed by atoms with E-state index in [0.29, 0.717) is 0 Å².